The normalized spacial score (nSPS) is 25.4. The van der Waals surface area contributed by atoms with Crippen LogP contribution in [0.1, 0.15) is 50.3 Å². The summed E-state index contributed by atoms with van der Waals surface area (Å²) in [6.07, 6.45) is 3.56. The maximum absolute atomic E-state index is 9.09. The Kier molecular flexibility index (Phi) is 2.99. The van der Waals surface area contributed by atoms with Crippen molar-refractivity contribution in [2.24, 2.45) is 0 Å². The highest BCUT2D eigenvalue weighted by atomic mass is 16.5. The summed E-state index contributed by atoms with van der Waals surface area (Å²) in [6.45, 7) is 6.63. The van der Waals surface area contributed by atoms with E-state index >= 15 is 0 Å². The van der Waals surface area contributed by atoms with E-state index in [2.05, 4.69) is 24.8 Å². The number of hydrogen-bond donors (Lipinski definition) is 0. The fraction of sp³-hybridized carbons (Fsp3) is 0.562. The number of hydrogen-bond acceptors (Lipinski definition) is 3. The molecule has 100 valence electrons. The monoisotopic (exact) mass is 256 g/mol. The molecule has 0 radical (unpaired) electrons. The Morgan fingerprint density at radius 2 is 2.05 bits per heavy atom. The van der Waals surface area contributed by atoms with Crippen LogP contribution in [-0.4, -0.2) is 23.6 Å². The van der Waals surface area contributed by atoms with Crippen LogP contribution >= 0.6 is 0 Å². The van der Waals surface area contributed by atoms with Crippen molar-refractivity contribution in [3.63, 3.8) is 0 Å². The number of ether oxygens (including phenoxy) is 1. The van der Waals surface area contributed by atoms with Crippen LogP contribution in [0, 0.1) is 11.3 Å². The molecule has 0 saturated carbocycles. The molecule has 0 spiro atoms. The van der Waals surface area contributed by atoms with Crippen LogP contribution in [0.3, 0.4) is 0 Å². The van der Waals surface area contributed by atoms with Crippen LogP contribution in [0.5, 0.6) is 5.75 Å². The van der Waals surface area contributed by atoms with Gasteiger partial charge in [0.2, 0.25) is 0 Å². The molecule has 1 atom stereocenters. The van der Waals surface area contributed by atoms with E-state index in [1.54, 1.807) is 0 Å². The Morgan fingerprint density at radius 3 is 2.74 bits per heavy atom. The van der Waals surface area contributed by atoms with E-state index < -0.39 is 0 Å². The van der Waals surface area contributed by atoms with E-state index in [4.69, 9.17) is 10.00 Å². The first kappa shape index (κ1) is 12.5. The van der Waals surface area contributed by atoms with Gasteiger partial charge in [-0.2, -0.15) is 5.26 Å². The molecule has 19 heavy (non-hydrogen) atoms. The summed E-state index contributed by atoms with van der Waals surface area (Å²) in [7, 11) is 0. The predicted octanol–water partition coefficient (Wildman–Crippen LogP) is 3.26. The highest BCUT2D eigenvalue weighted by Gasteiger charge is 2.37. The van der Waals surface area contributed by atoms with Crippen molar-refractivity contribution in [2.45, 2.75) is 44.8 Å². The van der Waals surface area contributed by atoms with Crippen LogP contribution in [0.25, 0.3) is 0 Å². The van der Waals surface area contributed by atoms with Crippen molar-refractivity contribution >= 4 is 0 Å². The molecule has 3 nitrogen and oxygen atoms in total. The molecule has 2 aliphatic rings. The Bertz CT molecular complexity index is 524. The summed E-state index contributed by atoms with van der Waals surface area (Å²) in [5.41, 5.74) is 1.79. The molecule has 2 aliphatic heterocycles. The summed E-state index contributed by atoms with van der Waals surface area (Å²) >= 11 is 0. The second-order valence-electron chi connectivity index (χ2n) is 6.19. The molecule has 3 rings (SSSR count). The lowest BCUT2D eigenvalue weighted by Gasteiger charge is -2.41. The lowest BCUT2D eigenvalue weighted by molar-refractivity contribution is 0.0367. The third kappa shape index (κ3) is 2.33. The quantitative estimate of drug-likeness (QED) is 0.773. The zero-order valence-electron chi connectivity index (χ0n) is 11.6. The average Bonchev–Trinajstić information content (AvgIpc) is 2.90. The maximum Gasteiger partial charge on any atom is 0.124 e. The lowest BCUT2D eigenvalue weighted by Crippen LogP contribution is -2.40. The smallest absolute Gasteiger partial charge is 0.124 e. The summed E-state index contributed by atoms with van der Waals surface area (Å²) < 4.78 is 6.07. The van der Waals surface area contributed by atoms with E-state index in [0.29, 0.717) is 6.04 Å². The van der Waals surface area contributed by atoms with Crippen LogP contribution in [0.4, 0.5) is 0 Å². The lowest BCUT2D eigenvalue weighted by atomic mass is 9.88. The van der Waals surface area contributed by atoms with Gasteiger partial charge in [-0.15, -0.1) is 0 Å². The number of nitrogens with zero attached hydrogens (tertiary/aromatic N) is 2. The zero-order valence-corrected chi connectivity index (χ0v) is 11.6. The minimum absolute atomic E-state index is 0.131. The maximum atomic E-state index is 9.09. The first-order chi connectivity index (χ1) is 9.09. The minimum Gasteiger partial charge on any atom is -0.487 e. The molecule has 0 amide bonds. The fourth-order valence-corrected chi connectivity index (χ4v) is 3.27. The molecule has 3 heteroatoms. The SMILES string of the molecule is CC1(C)CC(N2CCCC2)c2cc(C#N)ccc2O1. The van der Waals surface area contributed by atoms with Gasteiger partial charge in [0.15, 0.2) is 0 Å². The Hall–Kier alpha value is -1.53. The molecular formula is C16H20N2O. The minimum atomic E-state index is -0.131. The second-order valence-corrected chi connectivity index (χ2v) is 6.19. The molecule has 2 heterocycles. The van der Waals surface area contributed by atoms with Crippen LogP contribution in [-0.2, 0) is 0 Å². The predicted molar refractivity (Wildman–Crippen MR) is 74.0 cm³/mol. The Balaban J connectivity index is 2.02. The van der Waals surface area contributed by atoms with Gasteiger partial charge < -0.3 is 4.74 Å². The van der Waals surface area contributed by atoms with E-state index in [-0.39, 0.29) is 5.60 Å². The molecule has 0 aromatic heterocycles. The van der Waals surface area contributed by atoms with Crippen molar-refractivity contribution in [1.29, 1.82) is 5.26 Å². The Morgan fingerprint density at radius 1 is 1.32 bits per heavy atom. The largest absolute Gasteiger partial charge is 0.487 e. The molecule has 1 saturated heterocycles. The Labute approximate surface area is 114 Å². The van der Waals surface area contributed by atoms with Crippen molar-refractivity contribution in [3.8, 4) is 11.8 Å². The van der Waals surface area contributed by atoms with Crippen molar-refractivity contribution < 1.29 is 4.74 Å². The third-order valence-electron chi connectivity index (χ3n) is 4.15. The van der Waals surface area contributed by atoms with Crippen LogP contribution in [0.2, 0.25) is 0 Å². The van der Waals surface area contributed by atoms with Crippen molar-refractivity contribution in [2.75, 3.05) is 13.1 Å². The number of likely N-dealkylation sites (tertiary alicyclic amines) is 1. The molecule has 1 fully saturated rings. The molecule has 0 N–H and O–H groups in total. The number of rotatable bonds is 1. The third-order valence-corrected chi connectivity index (χ3v) is 4.15. The van der Waals surface area contributed by atoms with Gasteiger partial charge >= 0.3 is 0 Å². The van der Waals surface area contributed by atoms with Gasteiger partial charge in [-0.1, -0.05) is 0 Å². The second kappa shape index (κ2) is 4.54. The summed E-state index contributed by atoms with van der Waals surface area (Å²) in [5, 5.41) is 9.09. The average molecular weight is 256 g/mol. The van der Waals surface area contributed by atoms with Gasteiger partial charge in [-0.25, -0.2) is 0 Å². The van der Waals surface area contributed by atoms with Crippen LogP contribution < -0.4 is 4.74 Å². The van der Waals surface area contributed by atoms with E-state index in [0.717, 1.165) is 30.8 Å². The molecular weight excluding hydrogens is 236 g/mol. The number of nitriles is 1. The highest BCUT2D eigenvalue weighted by Crippen LogP contribution is 2.43. The first-order valence-corrected chi connectivity index (χ1v) is 7.06. The number of benzene rings is 1. The fourth-order valence-electron chi connectivity index (χ4n) is 3.27. The molecule has 0 aliphatic carbocycles. The van der Waals surface area contributed by atoms with E-state index in [9.17, 15) is 0 Å². The molecule has 1 aromatic carbocycles. The first-order valence-electron chi connectivity index (χ1n) is 7.06. The highest BCUT2D eigenvalue weighted by molar-refractivity contribution is 5.45. The van der Waals surface area contributed by atoms with Crippen LogP contribution in [0.15, 0.2) is 18.2 Å². The standard InChI is InChI=1S/C16H20N2O/c1-16(2)10-14(18-7-3-4-8-18)13-9-12(11-17)5-6-15(13)19-16/h5-6,9,14H,3-4,7-8,10H2,1-2H3. The van der Waals surface area contributed by atoms with E-state index in [1.165, 1.54) is 18.4 Å². The summed E-state index contributed by atoms with van der Waals surface area (Å²) in [6, 6.07) is 8.44. The molecule has 1 aromatic rings. The molecule has 0 bridgehead atoms. The van der Waals surface area contributed by atoms with Gasteiger partial charge in [-0.3, -0.25) is 4.90 Å². The number of fused-ring (bicyclic) bond motifs is 1. The van der Waals surface area contributed by atoms with Gasteiger partial charge in [0.1, 0.15) is 11.4 Å². The van der Waals surface area contributed by atoms with Crippen molar-refractivity contribution in [1.82, 2.24) is 4.90 Å². The van der Waals surface area contributed by atoms with Gasteiger partial charge in [0.25, 0.3) is 0 Å². The zero-order chi connectivity index (χ0) is 13.5. The van der Waals surface area contributed by atoms with Gasteiger partial charge in [0, 0.05) is 18.0 Å². The van der Waals surface area contributed by atoms with Crippen molar-refractivity contribution in [3.05, 3.63) is 29.3 Å². The summed E-state index contributed by atoms with van der Waals surface area (Å²) in [5.74, 6) is 0.951. The van der Waals surface area contributed by atoms with Gasteiger partial charge in [0.05, 0.1) is 11.6 Å². The summed E-state index contributed by atoms with van der Waals surface area (Å²) in [4.78, 5) is 2.55. The van der Waals surface area contributed by atoms with Gasteiger partial charge in [-0.05, 0) is 58.0 Å². The van der Waals surface area contributed by atoms with E-state index in [1.807, 2.05) is 18.2 Å². The topological polar surface area (TPSA) is 36.3 Å². The molecule has 1 unspecified atom stereocenters.